The highest BCUT2D eigenvalue weighted by Crippen LogP contribution is 2.29. The van der Waals surface area contributed by atoms with E-state index >= 15 is 0 Å². The molecule has 1 heterocycles. The molecule has 2 aromatic rings. The molecular formula is C11H11Cl2N3O2S2. The Balaban J connectivity index is 2.31. The lowest BCUT2D eigenvalue weighted by Gasteiger charge is -2.11. The van der Waals surface area contributed by atoms with Crippen LogP contribution in [-0.2, 0) is 23.1 Å². The highest BCUT2D eigenvalue weighted by atomic mass is 35.5. The standard InChI is InChI=1S/C11H11Cl2N3O2S2/c12-8-3-7(5-14)11(13)9(4-8)20(17,18)16-6-10-15-1-2-19-10/h1-4,16H,5-6,14H2. The fourth-order valence-electron chi connectivity index (χ4n) is 1.54. The van der Waals surface area contributed by atoms with Crippen LogP contribution in [0.25, 0.3) is 0 Å². The highest BCUT2D eigenvalue weighted by Gasteiger charge is 2.21. The molecule has 0 fully saturated rings. The maximum atomic E-state index is 12.3. The Kier molecular flexibility index (Phi) is 5.00. The summed E-state index contributed by atoms with van der Waals surface area (Å²) >= 11 is 13.3. The molecule has 0 aliphatic rings. The Morgan fingerprint density at radius 3 is 2.70 bits per heavy atom. The fourth-order valence-corrected chi connectivity index (χ4v) is 4.11. The first kappa shape index (κ1) is 15.7. The van der Waals surface area contributed by atoms with Gasteiger partial charge in [0.05, 0.1) is 11.6 Å². The Bertz CT molecular complexity index is 703. The fraction of sp³-hybridized carbons (Fsp3) is 0.182. The molecule has 9 heteroatoms. The third-order valence-corrected chi connectivity index (χ3v) is 5.47. The number of nitrogens with two attached hydrogens (primary N) is 1. The summed E-state index contributed by atoms with van der Waals surface area (Å²) in [5.41, 5.74) is 6.00. The zero-order valence-electron chi connectivity index (χ0n) is 10.1. The molecule has 108 valence electrons. The van der Waals surface area contributed by atoms with Crippen LogP contribution in [0.4, 0.5) is 0 Å². The van der Waals surface area contributed by atoms with E-state index in [1.807, 2.05) is 0 Å². The number of hydrogen-bond donors (Lipinski definition) is 2. The second-order valence-corrected chi connectivity index (χ2v) is 7.36. The number of hydrogen-bond acceptors (Lipinski definition) is 5. The van der Waals surface area contributed by atoms with Gasteiger partial charge in [0, 0.05) is 23.1 Å². The molecule has 0 aliphatic heterocycles. The summed E-state index contributed by atoms with van der Waals surface area (Å²) in [7, 11) is -3.78. The van der Waals surface area contributed by atoms with Crippen molar-refractivity contribution < 1.29 is 8.42 Å². The lowest BCUT2D eigenvalue weighted by molar-refractivity contribution is 0.581. The average Bonchev–Trinajstić information content (AvgIpc) is 2.92. The summed E-state index contributed by atoms with van der Waals surface area (Å²) in [4.78, 5) is 3.92. The van der Waals surface area contributed by atoms with Crippen LogP contribution < -0.4 is 10.5 Å². The van der Waals surface area contributed by atoms with Gasteiger partial charge in [0.2, 0.25) is 10.0 Å². The van der Waals surface area contributed by atoms with Crippen molar-refractivity contribution in [3.63, 3.8) is 0 Å². The number of aromatic nitrogens is 1. The molecule has 20 heavy (non-hydrogen) atoms. The van der Waals surface area contributed by atoms with Crippen molar-refractivity contribution in [2.24, 2.45) is 5.73 Å². The molecule has 0 aliphatic carbocycles. The first-order valence-corrected chi connectivity index (χ1v) is 8.62. The van der Waals surface area contributed by atoms with Crippen molar-refractivity contribution in [1.29, 1.82) is 0 Å². The number of nitrogens with zero attached hydrogens (tertiary/aromatic N) is 1. The van der Waals surface area contributed by atoms with Gasteiger partial charge in [-0.15, -0.1) is 11.3 Å². The van der Waals surface area contributed by atoms with Crippen molar-refractivity contribution in [2.75, 3.05) is 0 Å². The molecule has 3 N–H and O–H groups in total. The molecular weight excluding hydrogens is 341 g/mol. The molecule has 0 bridgehead atoms. The zero-order valence-corrected chi connectivity index (χ0v) is 13.3. The van der Waals surface area contributed by atoms with Gasteiger partial charge in [-0.3, -0.25) is 0 Å². The number of benzene rings is 1. The minimum atomic E-state index is -3.78. The van der Waals surface area contributed by atoms with Gasteiger partial charge in [-0.1, -0.05) is 23.2 Å². The van der Waals surface area contributed by atoms with Crippen LogP contribution in [-0.4, -0.2) is 13.4 Å². The van der Waals surface area contributed by atoms with E-state index in [-0.39, 0.29) is 28.0 Å². The van der Waals surface area contributed by atoms with E-state index in [9.17, 15) is 8.42 Å². The molecule has 0 saturated carbocycles. The number of sulfonamides is 1. The zero-order chi connectivity index (χ0) is 14.8. The van der Waals surface area contributed by atoms with Crippen LogP contribution in [0, 0.1) is 0 Å². The number of halogens is 2. The van der Waals surface area contributed by atoms with E-state index in [1.165, 1.54) is 17.4 Å². The van der Waals surface area contributed by atoms with Crippen molar-refractivity contribution in [3.05, 3.63) is 44.3 Å². The molecule has 0 radical (unpaired) electrons. The van der Waals surface area contributed by atoms with E-state index in [0.29, 0.717) is 10.6 Å². The monoisotopic (exact) mass is 351 g/mol. The quantitative estimate of drug-likeness (QED) is 0.865. The molecule has 5 nitrogen and oxygen atoms in total. The highest BCUT2D eigenvalue weighted by molar-refractivity contribution is 7.89. The topological polar surface area (TPSA) is 85.1 Å². The number of thiazole rings is 1. The molecule has 0 spiro atoms. The second-order valence-electron chi connectivity index (χ2n) is 3.83. The largest absolute Gasteiger partial charge is 0.326 e. The minimum absolute atomic E-state index is 0.0799. The molecule has 0 amide bonds. The maximum Gasteiger partial charge on any atom is 0.242 e. The Labute approximate surface area is 130 Å². The van der Waals surface area contributed by atoms with Crippen molar-refractivity contribution in [3.8, 4) is 0 Å². The van der Waals surface area contributed by atoms with Gasteiger partial charge < -0.3 is 5.73 Å². The molecule has 0 saturated heterocycles. The van der Waals surface area contributed by atoms with E-state index < -0.39 is 10.0 Å². The molecule has 2 rings (SSSR count). The van der Waals surface area contributed by atoms with Gasteiger partial charge in [0.1, 0.15) is 9.90 Å². The molecule has 1 aromatic carbocycles. The SMILES string of the molecule is NCc1cc(Cl)cc(S(=O)(=O)NCc2nccs2)c1Cl. The predicted molar refractivity (Wildman–Crippen MR) is 80.5 cm³/mol. The summed E-state index contributed by atoms with van der Waals surface area (Å²) in [6, 6.07) is 2.84. The normalized spacial score (nSPS) is 11.8. The van der Waals surface area contributed by atoms with Crippen molar-refractivity contribution >= 4 is 44.6 Å². The smallest absolute Gasteiger partial charge is 0.242 e. The average molecular weight is 352 g/mol. The van der Waals surface area contributed by atoms with Crippen LogP contribution in [0.5, 0.6) is 0 Å². The third kappa shape index (κ3) is 3.49. The molecule has 1 aromatic heterocycles. The first-order valence-electron chi connectivity index (χ1n) is 5.50. The van der Waals surface area contributed by atoms with Gasteiger partial charge in [-0.05, 0) is 17.7 Å². The summed E-state index contributed by atoms with van der Waals surface area (Å²) < 4.78 is 26.9. The summed E-state index contributed by atoms with van der Waals surface area (Å²) in [6.07, 6.45) is 1.60. The Hall–Kier alpha value is -0.700. The third-order valence-electron chi connectivity index (χ3n) is 2.49. The van der Waals surface area contributed by atoms with Crippen LogP contribution in [0.15, 0.2) is 28.6 Å². The number of rotatable bonds is 5. The van der Waals surface area contributed by atoms with Gasteiger partial charge in [0.15, 0.2) is 0 Å². The first-order chi connectivity index (χ1) is 9.44. The van der Waals surface area contributed by atoms with Gasteiger partial charge in [-0.2, -0.15) is 0 Å². The van der Waals surface area contributed by atoms with Crippen LogP contribution in [0.3, 0.4) is 0 Å². The lowest BCUT2D eigenvalue weighted by Crippen LogP contribution is -2.24. The van der Waals surface area contributed by atoms with Crippen molar-refractivity contribution in [2.45, 2.75) is 18.0 Å². The van der Waals surface area contributed by atoms with E-state index in [4.69, 9.17) is 28.9 Å². The van der Waals surface area contributed by atoms with E-state index in [2.05, 4.69) is 9.71 Å². The molecule has 0 atom stereocenters. The Morgan fingerprint density at radius 2 is 2.10 bits per heavy atom. The predicted octanol–water partition coefficient (Wildman–Crippen LogP) is 2.39. The van der Waals surface area contributed by atoms with Crippen LogP contribution >= 0.6 is 34.5 Å². The minimum Gasteiger partial charge on any atom is -0.326 e. The Morgan fingerprint density at radius 1 is 1.35 bits per heavy atom. The lowest BCUT2D eigenvalue weighted by atomic mass is 10.2. The summed E-state index contributed by atoms with van der Waals surface area (Å²) in [5.74, 6) is 0. The summed E-state index contributed by atoms with van der Waals surface area (Å²) in [5, 5.41) is 2.78. The van der Waals surface area contributed by atoms with Crippen LogP contribution in [0.2, 0.25) is 10.0 Å². The van der Waals surface area contributed by atoms with E-state index in [0.717, 1.165) is 0 Å². The maximum absolute atomic E-state index is 12.3. The molecule has 0 unspecified atom stereocenters. The van der Waals surface area contributed by atoms with E-state index in [1.54, 1.807) is 17.6 Å². The summed E-state index contributed by atoms with van der Waals surface area (Å²) in [6.45, 7) is 0.204. The van der Waals surface area contributed by atoms with Gasteiger partial charge >= 0.3 is 0 Å². The second kappa shape index (κ2) is 6.38. The number of nitrogens with one attached hydrogen (secondary N) is 1. The van der Waals surface area contributed by atoms with Crippen LogP contribution in [0.1, 0.15) is 10.6 Å². The van der Waals surface area contributed by atoms with Crippen molar-refractivity contribution in [1.82, 2.24) is 9.71 Å². The van der Waals surface area contributed by atoms with Gasteiger partial charge in [0.25, 0.3) is 0 Å². The van der Waals surface area contributed by atoms with Gasteiger partial charge in [-0.25, -0.2) is 18.1 Å².